The maximum atomic E-state index is 11.9. The lowest BCUT2D eigenvalue weighted by atomic mass is 10.0. The largest absolute Gasteiger partial charge is 0.360 e. The second-order valence-corrected chi connectivity index (χ2v) is 6.83. The van der Waals surface area contributed by atoms with Gasteiger partial charge in [0.15, 0.2) is 5.13 Å². The highest BCUT2D eigenvalue weighted by Crippen LogP contribution is 2.18. The topological polar surface area (TPSA) is 63.1 Å². The number of hydrogen-bond donors (Lipinski definition) is 1. The summed E-state index contributed by atoms with van der Waals surface area (Å²) in [7, 11) is 0. The summed E-state index contributed by atoms with van der Waals surface area (Å²) in [6.45, 7) is 5.42. The lowest BCUT2D eigenvalue weighted by Gasteiger charge is -2.35. The van der Waals surface area contributed by atoms with Crippen molar-refractivity contribution in [2.24, 2.45) is 0 Å². The van der Waals surface area contributed by atoms with E-state index >= 15 is 0 Å². The second-order valence-electron chi connectivity index (χ2n) is 5.94. The first-order chi connectivity index (χ1) is 11.2. The minimum Gasteiger partial charge on any atom is -0.360 e. The summed E-state index contributed by atoms with van der Waals surface area (Å²) in [5.74, 6) is 0. The molecule has 0 radical (unpaired) electrons. The quantitative estimate of drug-likeness (QED) is 0.876. The molecule has 3 heterocycles. The van der Waals surface area contributed by atoms with Crippen molar-refractivity contribution >= 4 is 16.5 Å². The molecule has 2 aromatic rings. The molecule has 0 aromatic carbocycles. The Morgan fingerprint density at radius 2 is 2.26 bits per heavy atom. The molecule has 6 nitrogen and oxygen atoms in total. The van der Waals surface area contributed by atoms with Crippen LogP contribution in [-0.4, -0.2) is 45.3 Å². The Morgan fingerprint density at radius 3 is 3.09 bits per heavy atom. The molecular formula is C16H23N5OS. The molecule has 1 fully saturated rings. The third-order valence-electron chi connectivity index (χ3n) is 4.27. The van der Waals surface area contributed by atoms with E-state index in [4.69, 9.17) is 0 Å². The maximum absolute atomic E-state index is 11.9. The van der Waals surface area contributed by atoms with Crippen LogP contribution >= 0.6 is 11.3 Å². The number of aryl methyl sites for hydroxylation is 1. The van der Waals surface area contributed by atoms with Crippen LogP contribution < -0.4 is 10.9 Å². The predicted molar refractivity (Wildman–Crippen MR) is 93.0 cm³/mol. The average Bonchev–Trinajstić information content (AvgIpc) is 3.08. The van der Waals surface area contributed by atoms with Crippen molar-refractivity contribution in [1.82, 2.24) is 19.7 Å². The van der Waals surface area contributed by atoms with Crippen molar-refractivity contribution in [2.45, 2.75) is 38.8 Å². The van der Waals surface area contributed by atoms with Crippen LogP contribution in [0.5, 0.6) is 0 Å². The third-order valence-corrected chi connectivity index (χ3v) is 5.00. The standard InChI is InChI=1S/C16H23N5OS/c1-13-5-6-15(22)21(19-13)10-9-20-8-3-2-4-14(20)12-18-16-17-7-11-23-16/h5-7,11,14H,2-4,8-10,12H2,1H3,(H,17,18). The Bertz CT molecular complexity index is 669. The second kappa shape index (κ2) is 7.70. The summed E-state index contributed by atoms with van der Waals surface area (Å²) in [6, 6.07) is 3.86. The fourth-order valence-electron chi connectivity index (χ4n) is 3.04. The van der Waals surface area contributed by atoms with Crippen LogP contribution in [0.4, 0.5) is 5.13 Å². The van der Waals surface area contributed by atoms with Crippen molar-refractivity contribution in [3.63, 3.8) is 0 Å². The Kier molecular flexibility index (Phi) is 5.40. The number of hydrogen-bond acceptors (Lipinski definition) is 6. The summed E-state index contributed by atoms with van der Waals surface area (Å²) < 4.78 is 1.58. The van der Waals surface area contributed by atoms with Gasteiger partial charge in [-0.2, -0.15) is 5.10 Å². The first kappa shape index (κ1) is 16.1. The normalized spacial score (nSPS) is 18.9. The summed E-state index contributed by atoms with van der Waals surface area (Å²) >= 11 is 1.63. The number of nitrogens with zero attached hydrogens (tertiary/aromatic N) is 4. The SMILES string of the molecule is Cc1ccc(=O)n(CCN2CCCCC2CNc2nccs2)n1. The van der Waals surface area contributed by atoms with Crippen LogP contribution in [0.1, 0.15) is 25.0 Å². The van der Waals surface area contributed by atoms with Gasteiger partial charge in [-0.3, -0.25) is 9.69 Å². The van der Waals surface area contributed by atoms with Gasteiger partial charge in [-0.05, 0) is 32.4 Å². The monoisotopic (exact) mass is 333 g/mol. The van der Waals surface area contributed by atoms with Crippen molar-refractivity contribution in [1.29, 1.82) is 0 Å². The molecule has 3 rings (SSSR count). The number of nitrogens with one attached hydrogen (secondary N) is 1. The molecular weight excluding hydrogens is 310 g/mol. The fraction of sp³-hybridized carbons (Fsp3) is 0.562. The van der Waals surface area contributed by atoms with Gasteiger partial charge in [-0.1, -0.05) is 6.42 Å². The molecule has 1 unspecified atom stereocenters. The lowest BCUT2D eigenvalue weighted by Crippen LogP contribution is -2.45. The summed E-state index contributed by atoms with van der Waals surface area (Å²) in [6.07, 6.45) is 5.50. The van der Waals surface area contributed by atoms with Crippen LogP contribution in [-0.2, 0) is 6.54 Å². The molecule has 2 aromatic heterocycles. The van der Waals surface area contributed by atoms with Gasteiger partial charge in [-0.15, -0.1) is 11.3 Å². The van der Waals surface area contributed by atoms with Gasteiger partial charge >= 0.3 is 0 Å². The molecule has 1 saturated heterocycles. The van der Waals surface area contributed by atoms with Gasteiger partial charge in [0.25, 0.3) is 5.56 Å². The number of aromatic nitrogens is 3. The van der Waals surface area contributed by atoms with Crippen LogP contribution in [0.3, 0.4) is 0 Å². The van der Waals surface area contributed by atoms with Gasteiger partial charge < -0.3 is 5.32 Å². The van der Waals surface area contributed by atoms with E-state index < -0.39 is 0 Å². The Labute approximate surface area is 140 Å². The van der Waals surface area contributed by atoms with E-state index in [0.717, 1.165) is 30.5 Å². The molecule has 0 bridgehead atoms. The summed E-state index contributed by atoms with van der Waals surface area (Å²) in [5.41, 5.74) is 0.857. The van der Waals surface area contributed by atoms with Crippen molar-refractivity contribution in [2.75, 3.05) is 25.0 Å². The molecule has 0 saturated carbocycles. The number of piperidine rings is 1. The predicted octanol–water partition coefficient (Wildman–Crippen LogP) is 1.97. The van der Waals surface area contributed by atoms with Gasteiger partial charge in [0.2, 0.25) is 0 Å². The molecule has 0 aliphatic carbocycles. The zero-order valence-corrected chi connectivity index (χ0v) is 14.3. The smallest absolute Gasteiger partial charge is 0.266 e. The Morgan fingerprint density at radius 1 is 1.35 bits per heavy atom. The van der Waals surface area contributed by atoms with E-state index in [0.29, 0.717) is 12.6 Å². The van der Waals surface area contributed by atoms with Gasteiger partial charge in [0.1, 0.15) is 0 Å². The van der Waals surface area contributed by atoms with E-state index in [1.165, 1.54) is 19.3 Å². The van der Waals surface area contributed by atoms with Crippen LogP contribution in [0.25, 0.3) is 0 Å². The molecule has 1 N–H and O–H groups in total. The van der Waals surface area contributed by atoms with Gasteiger partial charge in [-0.25, -0.2) is 9.67 Å². The number of rotatable bonds is 6. The Balaban J connectivity index is 1.57. The molecule has 23 heavy (non-hydrogen) atoms. The fourth-order valence-corrected chi connectivity index (χ4v) is 3.57. The van der Waals surface area contributed by atoms with Crippen molar-refractivity contribution in [3.05, 3.63) is 39.8 Å². The minimum absolute atomic E-state index is 0.0231. The van der Waals surface area contributed by atoms with Gasteiger partial charge in [0.05, 0.1) is 12.2 Å². The summed E-state index contributed by atoms with van der Waals surface area (Å²) in [5, 5.41) is 10.7. The number of anilines is 1. The van der Waals surface area contributed by atoms with Crippen molar-refractivity contribution in [3.8, 4) is 0 Å². The molecule has 0 spiro atoms. The maximum Gasteiger partial charge on any atom is 0.266 e. The minimum atomic E-state index is -0.0231. The molecule has 0 amide bonds. The van der Waals surface area contributed by atoms with Crippen LogP contribution in [0.15, 0.2) is 28.5 Å². The first-order valence-electron chi connectivity index (χ1n) is 8.14. The third kappa shape index (κ3) is 4.39. The number of thiazole rings is 1. The average molecular weight is 333 g/mol. The molecule has 1 aliphatic rings. The van der Waals surface area contributed by atoms with E-state index in [2.05, 4.69) is 20.3 Å². The zero-order chi connectivity index (χ0) is 16.1. The first-order valence-corrected chi connectivity index (χ1v) is 9.02. The molecule has 7 heteroatoms. The number of likely N-dealkylation sites (tertiary alicyclic amines) is 1. The van der Waals surface area contributed by atoms with E-state index in [1.807, 2.05) is 18.5 Å². The highest BCUT2D eigenvalue weighted by atomic mass is 32.1. The van der Waals surface area contributed by atoms with Crippen LogP contribution in [0, 0.1) is 6.92 Å². The molecule has 1 atom stereocenters. The highest BCUT2D eigenvalue weighted by Gasteiger charge is 2.22. The Hall–Kier alpha value is -1.73. The van der Waals surface area contributed by atoms with E-state index in [1.54, 1.807) is 28.2 Å². The van der Waals surface area contributed by atoms with Crippen molar-refractivity contribution < 1.29 is 0 Å². The van der Waals surface area contributed by atoms with E-state index in [-0.39, 0.29) is 5.56 Å². The van der Waals surface area contributed by atoms with E-state index in [9.17, 15) is 4.79 Å². The van der Waals surface area contributed by atoms with Crippen LogP contribution in [0.2, 0.25) is 0 Å². The highest BCUT2D eigenvalue weighted by molar-refractivity contribution is 7.13. The zero-order valence-electron chi connectivity index (χ0n) is 13.4. The lowest BCUT2D eigenvalue weighted by molar-refractivity contribution is 0.148. The van der Waals surface area contributed by atoms with Gasteiger partial charge in [0, 0.05) is 36.8 Å². The summed E-state index contributed by atoms with van der Waals surface area (Å²) in [4.78, 5) is 18.6. The molecule has 1 aliphatic heterocycles. The molecule has 124 valence electrons.